The lowest BCUT2D eigenvalue weighted by molar-refractivity contribution is 0.296. The molecule has 2 aromatic carbocycles. The van der Waals surface area contributed by atoms with Gasteiger partial charge in [-0.05, 0) is 46.1 Å². The van der Waals surface area contributed by atoms with Gasteiger partial charge in [-0.1, -0.05) is 24.3 Å². The smallest absolute Gasteiger partial charge is 0.269 e. The summed E-state index contributed by atoms with van der Waals surface area (Å²) in [7, 11) is -3.28. The zero-order chi connectivity index (χ0) is 23.5. The highest BCUT2D eigenvalue weighted by Crippen LogP contribution is 2.24. The number of nitrogens with one attached hydrogen (secondary N) is 1. The van der Waals surface area contributed by atoms with E-state index in [4.69, 9.17) is 4.74 Å². The molecule has 0 spiro atoms. The van der Waals surface area contributed by atoms with Crippen molar-refractivity contribution in [2.75, 3.05) is 6.26 Å². The number of sulfonamides is 1. The van der Waals surface area contributed by atoms with Crippen LogP contribution in [0.2, 0.25) is 0 Å². The number of rotatable bonds is 8. The van der Waals surface area contributed by atoms with Crippen LogP contribution in [0.1, 0.15) is 22.4 Å². The van der Waals surface area contributed by atoms with E-state index in [-0.39, 0.29) is 34.5 Å². The van der Waals surface area contributed by atoms with Crippen LogP contribution in [0.3, 0.4) is 0 Å². The van der Waals surface area contributed by atoms with E-state index in [1.807, 2.05) is 12.1 Å². The van der Waals surface area contributed by atoms with E-state index in [1.165, 1.54) is 6.07 Å². The Hall–Kier alpha value is -2.56. The number of hydrogen-bond donors (Lipinski definition) is 1. The molecule has 1 N–H and O–H groups in total. The molecule has 6 nitrogen and oxygen atoms in total. The molecule has 3 rings (SSSR count). The number of aromatic nitrogens is 1. The van der Waals surface area contributed by atoms with Gasteiger partial charge in [0.2, 0.25) is 10.0 Å². The highest BCUT2D eigenvalue weighted by atomic mass is 79.9. The van der Waals surface area contributed by atoms with Gasteiger partial charge in [0.1, 0.15) is 28.5 Å². The molecule has 0 saturated carbocycles. The van der Waals surface area contributed by atoms with Crippen LogP contribution in [-0.2, 0) is 29.7 Å². The molecule has 0 radical (unpaired) electrons. The molecular formula is C22H21BrF2N2O4S. The molecule has 32 heavy (non-hydrogen) atoms. The summed E-state index contributed by atoms with van der Waals surface area (Å²) in [6.45, 7) is 2.08. The molecule has 0 unspecified atom stereocenters. The van der Waals surface area contributed by atoms with Gasteiger partial charge in [-0.15, -0.1) is 0 Å². The van der Waals surface area contributed by atoms with Crippen LogP contribution in [0.15, 0.2) is 57.8 Å². The van der Waals surface area contributed by atoms with Gasteiger partial charge in [0.05, 0.1) is 12.8 Å². The van der Waals surface area contributed by atoms with Gasteiger partial charge in [0, 0.05) is 29.9 Å². The van der Waals surface area contributed by atoms with Crippen LogP contribution in [0.5, 0.6) is 5.75 Å². The zero-order valence-electron chi connectivity index (χ0n) is 17.4. The van der Waals surface area contributed by atoms with Crippen LogP contribution >= 0.6 is 15.9 Å². The minimum absolute atomic E-state index is 0.156. The second-order valence-electron chi connectivity index (χ2n) is 7.29. The number of nitrogens with zero attached hydrogens (tertiary/aromatic N) is 1. The van der Waals surface area contributed by atoms with Crippen molar-refractivity contribution in [3.05, 3.63) is 97.4 Å². The third kappa shape index (κ3) is 6.24. The van der Waals surface area contributed by atoms with Gasteiger partial charge >= 0.3 is 0 Å². The average Bonchev–Trinajstić information content (AvgIpc) is 2.72. The predicted octanol–water partition coefficient (Wildman–Crippen LogP) is 3.87. The lowest BCUT2D eigenvalue weighted by Gasteiger charge is -2.15. The molecule has 0 atom stereocenters. The molecule has 0 bridgehead atoms. The third-order valence-corrected chi connectivity index (χ3v) is 6.11. The Morgan fingerprint density at radius 3 is 2.34 bits per heavy atom. The summed E-state index contributed by atoms with van der Waals surface area (Å²) in [5.74, 6) is -1.14. The van der Waals surface area contributed by atoms with E-state index in [1.54, 1.807) is 29.7 Å². The molecular weight excluding hydrogens is 506 g/mol. The second kappa shape index (κ2) is 9.93. The number of benzene rings is 2. The number of hydrogen-bond acceptors (Lipinski definition) is 4. The number of pyridine rings is 1. The maximum atomic E-state index is 13.8. The van der Waals surface area contributed by atoms with E-state index in [9.17, 15) is 22.0 Å². The zero-order valence-corrected chi connectivity index (χ0v) is 19.8. The average molecular weight is 527 g/mol. The van der Waals surface area contributed by atoms with E-state index in [2.05, 4.69) is 20.7 Å². The highest BCUT2D eigenvalue weighted by molar-refractivity contribution is 9.10. The van der Waals surface area contributed by atoms with E-state index >= 15 is 0 Å². The highest BCUT2D eigenvalue weighted by Gasteiger charge is 2.14. The maximum Gasteiger partial charge on any atom is 0.269 e. The monoisotopic (exact) mass is 526 g/mol. The van der Waals surface area contributed by atoms with E-state index in [0.29, 0.717) is 12.2 Å². The van der Waals surface area contributed by atoms with Crippen molar-refractivity contribution >= 4 is 26.0 Å². The first-order chi connectivity index (χ1) is 15.0. The number of ether oxygens (including phenoxy) is 1. The van der Waals surface area contributed by atoms with Crippen LogP contribution in [0.4, 0.5) is 8.78 Å². The first-order valence-corrected chi connectivity index (χ1v) is 12.2. The van der Waals surface area contributed by atoms with Crippen LogP contribution in [0, 0.1) is 18.6 Å². The van der Waals surface area contributed by atoms with Crippen molar-refractivity contribution in [3.8, 4) is 5.75 Å². The van der Waals surface area contributed by atoms with Crippen molar-refractivity contribution in [1.82, 2.24) is 9.29 Å². The van der Waals surface area contributed by atoms with E-state index in [0.717, 1.165) is 29.5 Å². The normalized spacial score (nSPS) is 11.5. The SMILES string of the molecule is Cc1cc(OCc2ccc(F)cc2F)c(Br)c(=O)n1Cc1ccc(CNS(C)(=O)=O)cc1. The fourth-order valence-electron chi connectivity index (χ4n) is 2.97. The molecule has 0 aliphatic carbocycles. The molecule has 0 amide bonds. The minimum Gasteiger partial charge on any atom is -0.487 e. The summed E-state index contributed by atoms with van der Waals surface area (Å²) in [5, 5.41) is 0. The molecule has 1 aromatic heterocycles. The maximum absolute atomic E-state index is 13.8. The second-order valence-corrected chi connectivity index (χ2v) is 9.92. The van der Waals surface area contributed by atoms with Gasteiger partial charge in [0.15, 0.2) is 0 Å². The summed E-state index contributed by atoms with van der Waals surface area (Å²) >= 11 is 3.26. The van der Waals surface area contributed by atoms with Crippen LogP contribution < -0.4 is 15.0 Å². The summed E-state index contributed by atoms with van der Waals surface area (Å²) in [4.78, 5) is 12.9. The summed E-state index contributed by atoms with van der Waals surface area (Å²) < 4.78 is 59.1. The molecule has 3 aromatic rings. The molecule has 170 valence electrons. The van der Waals surface area contributed by atoms with Gasteiger partial charge < -0.3 is 9.30 Å². The molecule has 0 saturated heterocycles. The first-order valence-electron chi connectivity index (χ1n) is 9.52. The lowest BCUT2D eigenvalue weighted by atomic mass is 10.1. The van der Waals surface area contributed by atoms with Gasteiger partial charge in [-0.2, -0.15) is 0 Å². The molecule has 0 aliphatic heterocycles. The Bertz CT molecular complexity index is 1290. The van der Waals surface area contributed by atoms with Crippen LogP contribution in [0.25, 0.3) is 0 Å². The quantitative estimate of drug-likeness (QED) is 0.483. The Labute approximate surface area is 193 Å². The summed E-state index contributed by atoms with van der Waals surface area (Å²) in [6.07, 6.45) is 1.10. The third-order valence-electron chi connectivity index (χ3n) is 4.72. The molecule has 0 aliphatic rings. The van der Waals surface area contributed by atoms with Gasteiger partial charge in [0.25, 0.3) is 5.56 Å². The fourth-order valence-corrected chi connectivity index (χ4v) is 3.84. The largest absolute Gasteiger partial charge is 0.487 e. The first kappa shape index (κ1) is 24.1. The molecule has 0 fully saturated rings. The Morgan fingerprint density at radius 1 is 1.06 bits per heavy atom. The predicted molar refractivity (Wildman–Crippen MR) is 121 cm³/mol. The lowest BCUT2D eigenvalue weighted by Crippen LogP contribution is -2.24. The number of aryl methyl sites for hydroxylation is 1. The van der Waals surface area contributed by atoms with Crippen molar-refractivity contribution in [2.45, 2.75) is 26.6 Å². The van der Waals surface area contributed by atoms with Crippen molar-refractivity contribution < 1.29 is 21.9 Å². The van der Waals surface area contributed by atoms with Gasteiger partial charge in [-0.25, -0.2) is 21.9 Å². The van der Waals surface area contributed by atoms with E-state index < -0.39 is 21.7 Å². The fraction of sp³-hybridized carbons (Fsp3) is 0.227. The molecule has 10 heteroatoms. The standard InChI is InChI=1S/C22H21BrF2N2O4S/c1-14-9-20(31-13-17-7-8-18(24)10-19(17)25)21(23)22(28)27(14)12-16-5-3-15(4-6-16)11-26-32(2,29)30/h3-10,26H,11-13H2,1-2H3. The summed E-state index contributed by atoms with van der Waals surface area (Å²) in [6, 6.07) is 12.1. The van der Waals surface area contributed by atoms with Crippen molar-refractivity contribution in [2.24, 2.45) is 0 Å². The van der Waals surface area contributed by atoms with Crippen LogP contribution in [-0.4, -0.2) is 19.2 Å². The van der Waals surface area contributed by atoms with Crippen molar-refractivity contribution in [1.29, 1.82) is 0 Å². The molecule has 1 heterocycles. The number of halogens is 3. The Kier molecular flexibility index (Phi) is 7.47. The Morgan fingerprint density at radius 2 is 1.72 bits per heavy atom. The summed E-state index contributed by atoms with van der Waals surface area (Å²) in [5.41, 5.74) is 2.14. The minimum atomic E-state index is -3.28. The van der Waals surface area contributed by atoms with Crippen molar-refractivity contribution in [3.63, 3.8) is 0 Å². The van der Waals surface area contributed by atoms with Gasteiger partial charge in [-0.3, -0.25) is 4.79 Å². The topological polar surface area (TPSA) is 77.4 Å². The Balaban J connectivity index is 1.74.